The molecule has 1 saturated carbocycles. The lowest BCUT2D eigenvalue weighted by atomic mass is 9.74. The number of hydrogen-bond donors (Lipinski definition) is 0. The van der Waals surface area contributed by atoms with Crippen molar-refractivity contribution in [1.82, 2.24) is 0 Å². The summed E-state index contributed by atoms with van der Waals surface area (Å²) in [7, 11) is -0.510. The van der Waals surface area contributed by atoms with Crippen molar-refractivity contribution in [2.24, 2.45) is 17.8 Å². The first-order valence-electron chi connectivity index (χ1n) is 6.68. The van der Waals surface area contributed by atoms with Crippen molar-refractivity contribution in [1.29, 1.82) is 0 Å². The molecule has 2 fully saturated rings. The number of rotatable bonds is 2. The summed E-state index contributed by atoms with van der Waals surface area (Å²) in [5.41, 5.74) is 1.47. The molecule has 1 aromatic carbocycles. The summed E-state index contributed by atoms with van der Waals surface area (Å²) in [6, 6.07) is 10.8. The quantitative estimate of drug-likeness (QED) is 0.786. The molecule has 0 radical (unpaired) electrons. The van der Waals surface area contributed by atoms with Crippen molar-refractivity contribution >= 4 is 10.8 Å². The number of hydrogen-bond acceptors (Lipinski definition) is 1. The zero-order valence-corrected chi connectivity index (χ0v) is 11.0. The SMILES string of the molecule is O=S1CC2CC(Cc3ccccc3)CC(C2)C1. The van der Waals surface area contributed by atoms with Crippen LogP contribution in [0.5, 0.6) is 0 Å². The van der Waals surface area contributed by atoms with E-state index >= 15 is 0 Å². The van der Waals surface area contributed by atoms with Crippen molar-refractivity contribution in [3.8, 4) is 0 Å². The normalized spacial score (nSPS) is 36.7. The third-order valence-electron chi connectivity index (χ3n) is 4.21. The minimum Gasteiger partial charge on any atom is -0.260 e. The van der Waals surface area contributed by atoms with E-state index in [0.717, 1.165) is 29.3 Å². The average Bonchev–Trinajstić information content (AvgIpc) is 2.28. The molecule has 2 heteroatoms. The van der Waals surface area contributed by atoms with E-state index in [-0.39, 0.29) is 0 Å². The third kappa shape index (κ3) is 2.79. The monoisotopic (exact) mass is 248 g/mol. The highest BCUT2D eigenvalue weighted by Gasteiger charge is 2.34. The van der Waals surface area contributed by atoms with Gasteiger partial charge in [-0.2, -0.15) is 0 Å². The molecule has 1 aliphatic carbocycles. The molecule has 0 amide bonds. The zero-order chi connectivity index (χ0) is 11.7. The van der Waals surface area contributed by atoms with Crippen LogP contribution in [0.1, 0.15) is 24.8 Å². The summed E-state index contributed by atoms with van der Waals surface area (Å²) < 4.78 is 11.7. The summed E-state index contributed by atoms with van der Waals surface area (Å²) in [6.45, 7) is 0. The summed E-state index contributed by atoms with van der Waals surface area (Å²) in [6.07, 6.45) is 5.17. The van der Waals surface area contributed by atoms with E-state index in [2.05, 4.69) is 30.3 Å². The van der Waals surface area contributed by atoms with Gasteiger partial charge in [0.2, 0.25) is 0 Å². The second-order valence-electron chi connectivity index (χ2n) is 5.77. The van der Waals surface area contributed by atoms with Gasteiger partial charge in [0.15, 0.2) is 0 Å². The molecule has 1 aliphatic heterocycles. The van der Waals surface area contributed by atoms with Crippen LogP contribution in [-0.4, -0.2) is 15.7 Å². The Hall–Kier alpha value is -0.630. The molecule has 2 unspecified atom stereocenters. The van der Waals surface area contributed by atoms with Crippen molar-refractivity contribution in [3.63, 3.8) is 0 Å². The lowest BCUT2D eigenvalue weighted by molar-refractivity contribution is 0.214. The topological polar surface area (TPSA) is 17.1 Å². The molecule has 1 heterocycles. The highest BCUT2D eigenvalue weighted by molar-refractivity contribution is 7.85. The maximum absolute atomic E-state index is 11.7. The zero-order valence-electron chi connectivity index (χ0n) is 10.2. The van der Waals surface area contributed by atoms with Gasteiger partial charge in [-0.1, -0.05) is 30.3 Å². The molecule has 2 atom stereocenters. The van der Waals surface area contributed by atoms with Crippen LogP contribution in [0.15, 0.2) is 30.3 Å². The fourth-order valence-electron chi connectivity index (χ4n) is 3.68. The predicted molar refractivity (Wildman–Crippen MR) is 72.3 cm³/mol. The smallest absolute Gasteiger partial charge is 0.0263 e. The fourth-order valence-corrected chi connectivity index (χ4v) is 5.41. The summed E-state index contributed by atoms with van der Waals surface area (Å²) in [5, 5.41) is 0. The molecule has 0 spiro atoms. The largest absolute Gasteiger partial charge is 0.260 e. The number of fused-ring (bicyclic) bond motifs is 2. The summed E-state index contributed by atoms with van der Waals surface area (Å²) in [4.78, 5) is 0. The Labute approximate surface area is 106 Å². The van der Waals surface area contributed by atoms with Crippen molar-refractivity contribution in [3.05, 3.63) is 35.9 Å². The molecule has 1 saturated heterocycles. The van der Waals surface area contributed by atoms with Crippen molar-refractivity contribution in [2.75, 3.05) is 11.5 Å². The van der Waals surface area contributed by atoms with E-state index in [4.69, 9.17) is 0 Å². The van der Waals surface area contributed by atoms with Crippen LogP contribution in [0.4, 0.5) is 0 Å². The maximum atomic E-state index is 11.7. The van der Waals surface area contributed by atoms with E-state index in [1.807, 2.05) is 0 Å². The Balaban J connectivity index is 1.65. The van der Waals surface area contributed by atoms with Crippen LogP contribution in [0.25, 0.3) is 0 Å². The molecule has 17 heavy (non-hydrogen) atoms. The molecule has 2 bridgehead atoms. The van der Waals surface area contributed by atoms with Gasteiger partial charge in [0, 0.05) is 22.3 Å². The van der Waals surface area contributed by atoms with Crippen LogP contribution in [0.2, 0.25) is 0 Å². The van der Waals surface area contributed by atoms with Gasteiger partial charge in [-0.25, -0.2) is 0 Å². The molecular weight excluding hydrogens is 228 g/mol. The van der Waals surface area contributed by atoms with Gasteiger partial charge < -0.3 is 0 Å². The van der Waals surface area contributed by atoms with E-state index in [0.29, 0.717) is 0 Å². The molecule has 92 valence electrons. The van der Waals surface area contributed by atoms with Gasteiger partial charge in [-0.05, 0) is 49.0 Å². The van der Waals surface area contributed by atoms with Crippen LogP contribution >= 0.6 is 0 Å². The second kappa shape index (κ2) is 4.93. The van der Waals surface area contributed by atoms with Crippen LogP contribution in [0.3, 0.4) is 0 Å². The minimum absolute atomic E-state index is 0.510. The van der Waals surface area contributed by atoms with E-state index in [1.165, 1.54) is 31.2 Å². The maximum Gasteiger partial charge on any atom is 0.0263 e. The van der Waals surface area contributed by atoms with Crippen molar-refractivity contribution < 1.29 is 4.21 Å². The van der Waals surface area contributed by atoms with E-state index < -0.39 is 10.8 Å². The van der Waals surface area contributed by atoms with E-state index in [9.17, 15) is 4.21 Å². The Morgan fingerprint density at radius 2 is 1.65 bits per heavy atom. The highest BCUT2D eigenvalue weighted by atomic mass is 32.2. The van der Waals surface area contributed by atoms with Gasteiger partial charge in [0.1, 0.15) is 0 Å². The van der Waals surface area contributed by atoms with Crippen LogP contribution in [0, 0.1) is 17.8 Å². The molecule has 0 aromatic heterocycles. The molecule has 2 aliphatic rings. The molecular formula is C15H20OS. The van der Waals surface area contributed by atoms with Crippen LogP contribution in [-0.2, 0) is 17.2 Å². The summed E-state index contributed by atoms with van der Waals surface area (Å²) in [5.74, 6) is 4.27. The standard InChI is InChI=1S/C15H20OS/c16-17-10-14-7-13(8-15(9-14)11-17)6-12-4-2-1-3-5-12/h1-5,13-15H,6-11H2. The van der Waals surface area contributed by atoms with Gasteiger partial charge in [-0.3, -0.25) is 4.21 Å². The first kappa shape index (κ1) is 11.5. The van der Waals surface area contributed by atoms with Gasteiger partial charge in [0.05, 0.1) is 0 Å². The first-order valence-corrected chi connectivity index (χ1v) is 8.17. The van der Waals surface area contributed by atoms with Gasteiger partial charge in [-0.15, -0.1) is 0 Å². The van der Waals surface area contributed by atoms with Crippen LogP contribution < -0.4 is 0 Å². The Kier molecular flexibility index (Phi) is 3.32. The van der Waals surface area contributed by atoms with Gasteiger partial charge in [0.25, 0.3) is 0 Å². The predicted octanol–water partition coefficient (Wildman–Crippen LogP) is 3.02. The molecule has 1 nitrogen and oxygen atoms in total. The fraction of sp³-hybridized carbons (Fsp3) is 0.600. The van der Waals surface area contributed by atoms with E-state index in [1.54, 1.807) is 0 Å². The second-order valence-corrected chi connectivity index (χ2v) is 7.31. The average molecular weight is 248 g/mol. The minimum atomic E-state index is -0.510. The summed E-state index contributed by atoms with van der Waals surface area (Å²) >= 11 is 0. The lowest BCUT2D eigenvalue weighted by Crippen LogP contribution is -2.35. The van der Waals surface area contributed by atoms with Crippen molar-refractivity contribution in [2.45, 2.75) is 25.7 Å². The number of benzene rings is 1. The highest BCUT2D eigenvalue weighted by Crippen LogP contribution is 2.39. The first-order chi connectivity index (χ1) is 8.29. The third-order valence-corrected chi connectivity index (χ3v) is 5.90. The molecule has 3 rings (SSSR count). The Bertz CT molecular complexity index is 385. The van der Waals surface area contributed by atoms with Gasteiger partial charge >= 0.3 is 0 Å². The molecule has 1 aromatic rings. The Morgan fingerprint density at radius 3 is 2.29 bits per heavy atom. The molecule has 0 N–H and O–H groups in total. The lowest BCUT2D eigenvalue weighted by Gasteiger charge is -2.38. The Morgan fingerprint density at radius 1 is 1.00 bits per heavy atom.